The number of aromatic nitrogens is 1. The van der Waals surface area contributed by atoms with Crippen LogP contribution in [0.15, 0.2) is 81.3 Å². The number of rotatable bonds is 6. The molecule has 0 amide bonds. The van der Waals surface area contributed by atoms with Crippen LogP contribution >= 0.6 is 27.5 Å². The number of pyridine rings is 1. The van der Waals surface area contributed by atoms with Gasteiger partial charge in [0.05, 0.1) is 10.5 Å². The Kier molecular flexibility index (Phi) is 7.31. The molecule has 3 aromatic rings. The van der Waals surface area contributed by atoms with Crippen LogP contribution in [0.25, 0.3) is 0 Å². The first kappa shape index (κ1) is 24.6. The zero-order valence-corrected chi connectivity index (χ0v) is 19.4. The molecule has 12 heteroatoms. The van der Waals surface area contributed by atoms with Crippen molar-refractivity contribution in [2.75, 3.05) is 5.32 Å². The van der Waals surface area contributed by atoms with Crippen molar-refractivity contribution in [3.63, 3.8) is 0 Å². The largest absolute Gasteiger partial charge is 0.438 e. The van der Waals surface area contributed by atoms with Crippen LogP contribution in [-0.2, 0) is 16.0 Å². The topological polar surface area (TPSA) is 92.1 Å². The number of alkyl halides is 3. The number of halogens is 5. The smallest absolute Gasteiger partial charge is 0.417 e. The van der Waals surface area contributed by atoms with Crippen LogP contribution in [0.3, 0.4) is 0 Å². The molecule has 0 aliphatic heterocycles. The predicted octanol–water partition coefficient (Wildman–Crippen LogP) is 6.56. The molecule has 6 nitrogen and oxygen atoms in total. The average Bonchev–Trinajstić information content (AvgIpc) is 2.76. The van der Waals surface area contributed by atoms with Gasteiger partial charge < -0.3 is 10.1 Å². The SMILES string of the molecule is N#C/C(=C\Nc1ccc(Oc2ncc(C(F)(F)F)cc2Cl)cc1)S(=O)(=O)c1ccc(Br)cc1. The van der Waals surface area contributed by atoms with Gasteiger partial charge in [0, 0.05) is 22.6 Å². The molecule has 0 unspecified atom stereocenters. The van der Waals surface area contributed by atoms with Crippen LogP contribution in [-0.4, -0.2) is 13.4 Å². The van der Waals surface area contributed by atoms with E-state index in [1.54, 1.807) is 18.2 Å². The fourth-order valence-electron chi connectivity index (χ4n) is 2.45. The molecule has 170 valence electrons. The van der Waals surface area contributed by atoms with Gasteiger partial charge in [0.25, 0.3) is 0 Å². The van der Waals surface area contributed by atoms with Crippen molar-refractivity contribution in [3.8, 4) is 17.7 Å². The Balaban J connectivity index is 1.73. The number of anilines is 1. The van der Waals surface area contributed by atoms with Crippen LogP contribution < -0.4 is 10.1 Å². The maximum atomic E-state index is 12.7. The molecule has 0 fully saturated rings. The minimum atomic E-state index is -4.58. The summed E-state index contributed by atoms with van der Waals surface area (Å²) in [6, 6.07) is 14.1. The summed E-state index contributed by atoms with van der Waals surface area (Å²) in [4.78, 5) is 3.06. The van der Waals surface area contributed by atoms with Crippen LogP contribution in [0.5, 0.6) is 11.6 Å². The summed E-state index contributed by atoms with van der Waals surface area (Å²) in [5, 5.41) is 11.7. The van der Waals surface area contributed by atoms with Gasteiger partial charge in [0.15, 0.2) is 4.91 Å². The van der Waals surface area contributed by atoms with Gasteiger partial charge in [-0.2, -0.15) is 18.4 Å². The van der Waals surface area contributed by atoms with Crippen LogP contribution in [0.2, 0.25) is 5.02 Å². The molecule has 33 heavy (non-hydrogen) atoms. The number of ether oxygens (including phenoxy) is 1. The van der Waals surface area contributed by atoms with E-state index in [2.05, 4.69) is 26.2 Å². The second-order valence-corrected chi connectivity index (χ2v) is 9.60. The zero-order chi connectivity index (χ0) is 24.2. The van der Waals surface area contributed by atoms with Gasteiger partial charge in [-0.3, -0.25) is 0 Å². The van der Waals surface area contributed by atoms with Crippen molar-refractivity contribution >= 4 is 43.1 Å². The summed E-state index contributed by atoms with van der Waals surface area (Å²) < 4.78 is 69.4. The Labute approximate surface area is 200 Å². The minimum Gasteiger partial charge on any atom is -0.438 e. The molecule has 0 saturated carbocycles. The van der Waals surface area contributed by atoms with Gasteiger partial charge in [-0.05, 0) is 54.6 Å². The van der Waals surface area contributed by atoms with Gasteiger partial charge in [-0.15, -0.1) is 0 Å². The molecule has 1 N–H and O–H groups in total. The predicted molar refractivity (Wildman–Crippen MR) is 119 cm³/mol. The Morgan fingerprint density at radius 3 is 2.33 bits per heavy atom. The molecule has 3 rings (SSSR count). The molecule has 1 heterocycles. The average molecular weight is 559 g/mol. The van der Waals surface area contributed by atoms with Crippen LogP contribution in [0, 0.1) is 11.3 Å². The van der Waals surface area contributed by atoms with Gasteiger partial charge in [0.1, 0.15) is 16.8 Å². The number of sulfone groups is 1. The highest BCUT2D eigenvalue weighted by Gasteiger charge is 2.31. The molecule has 0 radical (unpaired) electrons. The molecule has 2 aromatic carbocycles. The number of nitrogens with zero attached hydrogens (tertiary/aromatic N) is 2. The van der Waals surface area contributed by atoms with Gasteiger partial charge in [-0.25, -0.2) is 13.4 Å². The quantitative estimate of drug-likeness (QED) is 0.345. The van der Waals surface area contributed by atoms with E-state index in [1.165, 1.54) is 36.4 Å². The van der Waals surface area contributed by atoms with Crippen LogP contribution in [0.1, 0.15) is 5.56 Å². The van der Waals surface area contributed by atoms with E-state index in [9.17, 15) is 26.9 Å². The van der Waals surface area contributed by atoms with Gasteiger partial charge in [-0.1, -0.05) is 27.5 Å². The maximum Gasteiger partial charge on any atom is 0.417 e. The molecular weight excluding hydrogens is 547 g/mol. The Bertz CT molecular complexity index is 1340. The Morgan fingerprint density at radius 2 is 1.79 bits per heavy atom. The molecule has 0 aliphatic carbocycles. The molecule has 0 atom stereocenters. The number of hydrogen-bond donors (Lipinski definition) is 1. The van der Waals surface area contributed by atoms with Crippen molar-refractivity contribution < 1.29 is 26.3 Å². The summed E-state index contributed by atoms with van der Waals surface area (Å²) in [5.41, 5.74) is -0.579. The fourth-order valence-corrected chi connectivity index (χ4v) is 4.00. The lowest BCUT2D eigenvalue weighted by Crippen LogP contribution is -2.06. The van der Waals surface area contributed by atoms with Gasteiger partial charge in [0.2, 0.25) is 15.7 Å². The van der Waals surface area contributed by atoms with Crippen LogP contribution in [0.4, 0.5) is 18.9 Å². The van der Waals surface area contributed by atoms with E-state index in [0.717, 1.165) is 6.20 Å². The summed E-state index contributed by atoms with van der Waals surface area (Å²) in [6.45, 7) is 0. The zero-order valence-electron chi connectivity index (χ0n) is 16.3. The standard InChI is InChI=1S/C21H12BrClF3N3O3S/c22-14-1-7-17(8-2-14)33(30,31)18(10-27)12-28-15-3-5-16(6-4-15)32-20-19(23)9-13(11-29-20)21(24,25)26/h1-9,11-12,28H/b18-12+. The van der Waals surface area contributed by atoms with Gasteiger partial charge >= 0.3 is 6.18 Å². The van der Waals surface area contributed by atoms with E-state index in [1.807, 2.05) is 0 Å². The monoisotopic (exact) mass is 557 g/mol. The minimum absolute atomic E-state index is 0.0371. The highest BCUT2D eigenvalue weighted by Crippen LogP contribution is 2.34. The number of allylic oxidation sites excluding steroid dienone is 1. The first-order valence-electron chi connectivity index (χ1n) is 8.89. The number of benzene rings is 2. The Morgan fingerprint density at radius 1 is 1.15 bits per heavy atom. The molecule has 0 bridgehead atoms. The summed E-state index contributed by atoms with van der Waals surface area (Å²) >= 11 is 9.04. The summed E-state index contributed by atoms with van der Waals surface area (Å²) in [6.07, 6.45) is -2.91. The molecule has 0 saturated heterocycles. The molecule has 0 spiro atoms. The lowest BCUT2D eigenvalue weighted by Gasteiger charge is -2.10. The summed E-state index contributed by atoms with van der Waals surface area (Å²) in [5.74, 6) is 0.0132. The van der Waals surface area contributed by atoms with E-state index < -0.39 is 26.5 Å². The van der Waals surface area contributed by atoms with E-state index in [4.69, 9.17) is 16.3 Å². The highest BCUT2D eigenvalue weighted by molar-refractivity contribution is 9.10. The number of nitriles is 1. The van der Waals surface area contributed by atoms with Crippen molar-refractivity contribution in [3.05, 3.63) is 87.0 Å². The van der Waals surface area contributed by atoms with E-state index in [-0.39, 0.29) is 21.5 Å². The third-order valence-corrected chi connectivity index (χ3v) is 6.58. The third-order valence-electron chi connectivity index (χ3n) is 4.10. The highest BCUT2D eigenvalue weighted by atomic mass is 79.9. The lowest BCUT2D eigenvalue weighted by atomic mass is 10.3. The Hall–Kier alpha value is -3.07. The second-order valence-electron chi connectivity index (χ2n) is 6.36. The van der Waals surface area contributed by atoms with Crippen molar-refractivity contribution in [1.29, 1.82) is 5.26 Å². The van der Waals surface area contributed by atoms with E-state index in [0.29, 0.717) is 22.4 Å². The third kappa shape index (κ3) is 6.04. The summed E-state index contributed by atoms with van der Waals surface area (Å²) in [7, 11) is -4.02. The second kappa shape index (κ2) is 9.82. The fraction of sp³-hybridized carbons (Fsp3) is 0.0476. The van der Waals surface area contributed by atoms with Crippen molar-refractivity contribution in [2.24, 2.45) is 0 Å². The molecule has 1 aromatic heterocycles. The normalized spacial score (nSPS) is 12.2. The number of nitrogens with one attached hydrogen (secondary N) is 1. The first-order chi connectivity index (χ1) is 15.5. The van der Waals surface area contributed by atoms with E-state index >= 15 is 0 Å². The molecule has 0 aliphatic rings. The van der Waals surface area contributed by atoms with Crippen molar-refractivity contribution in [2.45, 2.75) is 11.1 Å². The number of hydrogen-bond acceptors (Lipinski definition) is 6. The lowest BCUT2D eigenvalue weighted by molar-refractivity contribution is -0.137. The maximum absolute atomic E-state index is 12.7. The molecular formula is C21H12BrClF3N3O3S. The first-order valence-corrected chi connectivity index (χ1v) is 11.5. The van der Waals surface area contributed by atoms with Crippen molar-refractivity contribution in [1.82, 2.24) is 4.98 Å².